The molecule has 0 bridgehead atoms. The van der Waals surface area contributed by atoms with Gasteiger partial charge in [0.05, 0.1) is 30.5 Å². The van der Waals surface area contributed by atoms with Gasteiger partial charge >= 0.3 is 0 Å². The lowest BCUT2D eigenvalue weighted by molar-refractivity contribution is 0.0394. The zero-order chi connectivity index (χ0) is 15.6. The maximum atomic E-state index is 5.36. The number of hydrogen-bond acceptors (Lipinski definition) is 5. The van der Waals surface area contributed by atoms with Crippen molar-refractivity contribution in [3.63, 3.8) is 0 Å². The minimum Gasteiger partial charge on any atom is -0.379 e. The van der Waals surface area contributed by atoms with E-state index in [1.807, 2.05) is 6.92 Å². The number of morpholine rings is 1. The van der Waals surface area contributed by atoms with Crippen LogP contribution in [0.2, 0.25) is 0 Å². The van der Waals surface area contributed by atoms with Crippen molar-refractivity contribution in [3.05, 3.63) is 16.1 Å². The molecule has 0 unspecified atom stereocenters. The molecule has 0 atom stereocenters. The summed E-state index contributed by atoms with van der Waals surface area (Å²) >= 11 is 1.70. The fourth-order valence-corrected chi connectivity index (χ4v) is 2.95. The van der Waals surface area contributed by atoms with Gasteiger partial charge in [-0.05, 0) is 13.8 Å². The number of rotatable bonds is 7. The lowest BCUT2D eigenvalue weighted by Gasteiger charge is -2.25. The summed E-state index contributed by atoms with van der Waals surface area (Å²) in [6, 6.07) is 0. The van der Waals surface area contributed by atoms with Gasteiger partial charge in [0.25, 0.3) is 0 Å². The summed E-state index contributed by atoms with van der Waals surface area (Å²) in [6.45, 7) is 11.4. The molecule has 22 heavy (non-hydrogen) atoms. The Balaban J connectivity index is 1.69. The van der Waals surface area contributed by atoms with Gasteiger partial charge in [-0.3, -0.25) is 9.89 Å². The molecule has 2 N–H and O–H groups in total. The van der Waals surface area contributed by atoms with E-state index in [4.69, 9.17) is 4.74 Å². The van der Waals surface area contributed by atoms with Crippen LogP contribution < -0.4 is 10.6 Å². The molecular weight excluding hydrogens is 298 g/mol. The maximum absolute atomic E-state index is 5.36. The van der Waals surface area contributed by atoms with Gasteiger partial charge in [-0.15, -0.1) is 11.3 Å². The second kappa shape index (κ2) is 9.76. The lowest BCUT2D eigenvalue weighted by Crippen LogP contribution is -2.40. The van der Waals surface area contributed by atoms with E-state index in [9.17, 15) is 0 Å². The van der Waals surface area contributed by atoms with E-state index in [1.165, 1.54) is 0 Å². The molecule has 0 aliphatic carbocycles. The Morgan fingerprint density at radius 2 is 2.23 bits per heavy atom. The highest BCUT2D eigenvalue weighted by atomic mass is 32.1. The first-order valence-corrected chi connectivity index (χ1v) is 8.89. The number of thiazole rings is 1. The summed E-state index contributed by atoms with van der Waals surface area (Å²) in [5, 5.41) is 9.92. The predicted molar refractivity (Wildman–Crippen MR) is 91.8 cm³/mol. The predicted octanol–water partition coefficient (Wildman–Crippen LogP) is 0.881. The number of aryl methyl sites for hydroxylation is 1. The zero-order valence-corrected chi connectivity index (χ0v) is 14.4. The zero-order valence-electron chi connectivity index (χ0n) is 13.6. The van der Waals surface area contributed by atoms with Crippen LogP contribution in [0.25, 0.3) is 0 Å². The summed E-state index contributed by atoms with van der Waals surface area (Å²) < 4.78 is 5.36. The molecule has 1 fully saturated rings. The van der Waals surface area contributed by atoms with Crippen LogP contribution in [-0.4, -0.2) is 68.3 Å². The number of hydrogen-bond donors (Lipinski definition) is 2. The Morgan fingerprint density at radius 1 is 1.41 bits per heavy atom. The van der Waals surface area contributed by atoms with Crippen LogP contribution in [0.3, 0.4) is 0 Å². The quantitative estimate of drug-likeness (QED) is 0.576. The van der Waals surface area contributed by atoms with Gasteiger partial charge in [-0.1, -0.05) is 0 Å². The van der Waals surface area contributed by atoms with E-state index < -0.39 is 0 Å². The highest BCUT2D eigenvalue weighted by Gasteiger charge is 2.09. The lowest BCUT2D eigenvalue weighted by atomic mass is 10.3. The molecule has 0 spiro atoms. The first kappa shape index (κ1) is 17.2. The van der Waals surface area contributed by atoms with Crippen LogP contribution in [0.4, 0.5) is 0 Å². The van der Waals surface area contributed by atoms with Gasteiger partial charge in [0.1, 0.15) is 0 Å². The van der Waals surface area contributed by atoms with Crippen LogP contribution in [-0.2, 0) is 11.2 Å². The Kier molecular flexibility index (Phi) is 7.62. The van der Waals surface area contributed by atoms with Crippen LogP contribution in [0.1, 0.15) is 17.6 Å². The van der Waals surface area contributed by atoms with E-state index in [2.05, 4.69) is 37.8 Å². The molecule has 0 radical (unpaired) electrons. The van der Waals surface area contributed by atoms with E-state index in [1.54, 1.807) is 11.3 Å². The summed E-state index contributed by atoms with van der Waals surface area (Å²) in [7, 11) is 0. The first-order chi connectivity index (χ1) is 10.8. The summed E-state index contributed by atoms with van der Waals surface area (Å²) in [5.41, 5.74) is 1.15. The van der Waals surface area contributed by atoms with Gasteiger partial charge in [-0.25, -0.2) is 4.98 Å². The van der Waals surface area contributed by atoms with Crippen molar-refractivity contribution in [1.82, 2.24) is 20.5 Å². The number of guanidine groups is 1. The highest BCUT2D eigenvalue weighted by molar-refractivity contribution is 7.09. The van der Waals surface area contributed by atoms with Gasteiger partial charge in [0, 0.05) is 44.5 Å². The third-order valence-corrected chi connectivity index (χ3v) is 4.30. The molecule has 0 aromatic carbocycles. The fourth-order valence-electron chi connectivity index (χ4n) is 2.30. The maximum Gasteiger partial charge on any atom is 0.191 e. The minimum atomic E-state index is 0.811. The number of aromatic nitrogens is 1. The minimum absolute atomic E-state index is 0.811. The van der Waals surface area contributed by atoms with Crippen molar-refractivity contribution < 1.29 is 4.74 Å². The van der Waals surface area contributed by atoms with E-state index in [-0.39, 0.29) is 0 Å². The third-order valence-electron chi connectivity index (χ3n) is 3.47. The fraction of sp³-hybridized carbons (Fsp3) is 0.733. The van der Waals surface area contributed by atoms with Gasteiger partial charge in [0.2, 0.25) is 0 Å². The van der Waals surface area contributed by atoms with E-state index in [0.717, 1.165) is 75.6 Å². The topological polar surface area (TPSA) is 61.8 Å². The van der Waals surface area contributed by atoms with E-state index in [0.29, 0.717) is 0 Å². The van der Waals surface area contributed by atoms with Gasteiger partial charge < -0.3 is 15.4 Å². The first-order valence-electron chi connectivity index (χ1n) is 8.01. The second-order valence-electron chi connectivity index (χ2n) is 5.25. The summed E-state index contributed by atoms with van der Waals surface area (Å²) in [5.74, 6) is 0.891. The molecule has 1 aliphatic rings. The van der Waals surface area contributed by atoms with E-state index >= 15 is 0 Å². The average molecular weight is 325 g/mol. The van der Waals surface area contributed by atoms with Crippen molar-refractivity contribution >= 4 is 17.3 Å². The molecule has 1 aromatic rings. The van der Waals surface area contributed by atoms with Crippen molar-refractivity contribution in [2.24, 2.45) is 4.99 Å². The monoisotopic (exact) mass is 325 g/mol. The largest absolute Gasteiger partial charge is 0.379 e. The van der Waals surface area contributed by atoms with Gasteiger partial charge in [-0.2, -0.15) is 0 Å². The number of nitrogens with zero attached hydrogens (tertiary/aromatic N) is 3. The molecule has 124 valence electrons. The Morgan fingerprint density at radius 3 is 2.91 bits per heavy atom. The molecule has 1 aliphatic heterocycles. The van der Waals surface area contributed by atoms with Gasteiger partial charge in [0.15, 0.2) is 5.96 Å². The molecule has 6 nitrogen and oxygen atoms in total. The van der Waals surface area contributed by atoms with Crippen molar-refractivity contribution in [1.29, 1.82) is 0 Å². The molecule has 1 saturated heterocycles. The number of nitrogens with one attached hydrogen (secondary N) is 2. The number of aliphatic imine (C=N–C) groups is 1. The Labute approximate surface area is 137 Å². The van der Waals surface area contributed by atoms with Crippen LogP contribution in [0, 0.1) is 6.92 Å². The van der Waals surface area contributed by atoms with Crippen molar-refractivity contribution in [2.75, 3.05) is 52.5 Å². The molecule has 2 rings (SSSR count). The number of ether oxygens (including phenoxy) is 1. The molecular formula is C15H27N5OS. The molecule has 1 aromatic heterocycles. The Hall–Kier alpha value is -1.18. The molecule has 2 heterocycles. The SMILES string of the molecule is CCNC(=NCCN1CCOCC1)NCCc1csc(C)n1. The van der Waals surface area contributed by atoms with Crippen molar-refractivity contribution in [2.45, 2.75) is 20.3 Å². The van der Waals surface area contributed by atoms with Crippen LogP contribution in [0.15, 0.2) is 10.4 Å². The molecule has 0 amide bonds. The van der Waals surface area contributed by atoms with Crippen molar-refractivity contribution in [3.8, 4) is 0 Å². The normalized spacial score (nSPS) is 16.7. The molecule has 7 heteroatoms. The Bertz CT molecular complexity index is 457. The van der Waals surface area contributed by atoms with Crippen LogP contribution >= 0.6 is 11.3 Å². The summed E-state index contributed by atoms with van der Waals surface area (Å²) in [6.07, 6.45) is 0.929. The third kappa shape index (κ3) is 6.29. The standard InChI is InChI=1S/C15H27N5OS/c1-3-16-15(17-5-4-14-12-22-13(2)19-14)18-6-7-20-8-10-21-11-9-20/h12H,3-11H2,1-2H3,(H2,16,17,18). The van der Waals surface area contributed by atoms with Crippen LogP contribution in [0.5, 0.6) is 0 Å². The average Bonchev–Trinajstić information content (AvgIpc) is 2.94. The summed E-state index contributed by atoms with van der Waals surface area (Å²) in [4.78, 5) is 11.5. The second-order valence-corrected chi connectivity index (χ2v) is 6.31. The smallest absolute Gasteiger partial charge is 0.191 e. The molecule has 0 saturated carbocycles. The highest BCUT2D eigenvalue weighted by Crippen LogP contribution is 2.07.